The number of halogens is 1. The summed E-state index contributed by atoms with van der Waals surface area (Å²) in [4.78, 5) is 14.1. The third-order valence-electron chi connectivity index (χ3n) is 3.87. The van der Waals surface area contributed by atoms with Gasteiger partial charge in [-0.1, -0.05) is 28.1 Å². The predicted octanol–water partition coefficient (Wildman–Crippen LogP) is 2.43. The Morgan fingerprint density at radius 3 is 2.81 bits per heavy atom. The van der Waals surface area contributed by atoms with Crippen LogP contribution < -0.4 is 0 Å². The van der Waals surface area contributed by atoms with E-state index in [2.05, 4.69) is 26.1 Å². The highest BCUT2D eigenvalue weighted by molar-refractivity contribution is 9.10. The Labute approximate surface area is 131 Å². The molecule has 1 aromatic heterocycles. The number of aromatic nitrogens is 2. The van der Waals surface area contributed by atoms with Crippen molar-refractivity contribution in [3.8, 4) is 11.3 Å². The average Bonchev–Trinajstić information content (AvgIpc) is 2.95. The Kier molecular flexibility index (Phi) is 3.82. The molecule has 21 heavy (non-hydrogen) atoms. The molecule has 2 heterocycles. The van der Waals surface area contributed by atoms with Crippen LogP contribution in [-0.4, -0.2) is 44.8 Å². The number of hydrogen-bond acceptors (Lipinski definition) is 3. The Hall–Kier alpha value is -1.66. The van der Waals surface area contributed by atoms with E-state index in [0.717, 1.165) is 22.2 Å². The van der Waals surface area contributed by atoms with E-state index in [-0.39, 0.29) is 24.6 Å². The molecular weight excluding hydrogens is 334 g/mol. The largest absolute Gasteiger partial charge is 0.394 e. The van der Waals surface area contributed by atoms with Crippen LogP contribution in [0.2, 0.25) is 0 Å². The molecule has 1 aliphatic rings. The lowest BCUT2D eigenvalue weighted by Gasteiger charge is -2.46. The fourth-order valence-corrected chi connectivity index (χ4v) is 2.97. The molecule has 1 fully saturated rings. The summed E-state index contributed by atoms with van der Waals surface area (Å²) >= 11 is 3.39. The molecule has 2 unspecified atom stereocenters. The summed E-state index contributed by atoms with van der Waals surface area (Å²) in [6.07, 6.45) is 0.843. The number of nitrogens with zero attached hydrogens (tertiary/aromatic N) is 2. The average molecular weight is 350 g/mol. The highest BCUT2D eigenvalue weighted by Crippen LogP contribution is 2.28. The molecule has 5 nitrogen and oxygen atoms in total. The zero-order valence-corrected chi connectivity index (χ0v) is 13.2. The number of aliphatic hydroxyl groups is 1. The first-order valence-electron chi connectivity index (χ1n) is 6.85. The van der Waals surface area contributed by atoms with Gasteiger partial charge in [0, 0.05) is 16.1 Å². The number of rotatable bonds is 3. The molecule has 1 amide bonds. The minimum Gasteiger partial charge on any atom is -0.394 e. The van der Waals surface area contributed by atoms with E-state index < -0.39 is 0 Å². The van der Waals surface area contributed by atoms with Crippen molar-refractivity contribution in [1.82, 2.24) is 15.1 Å². The van der Waals surface area contributed by atoms with E-state index >= 15 is 0 Å². The number of likely N-dealkylation sites (tertiary alicyclic amines) is 1. The van der Waals surface area contributed by atoms with Gasteiger partial charge in [0.1, 0.15) is 5.69 Å². The number of benzene rings is 1. The first-order chi connectivity index (χ1) is 10.1. The van der Waals surface area contributed by atoms with Crippen LogP contribution >= 0.6 is 15.9 Å². The SMILES string of the molecule is CC1CC(CO)N1C(=O)c1cc(-c2ccc(Br)cc2)n[nH]1. The maximum absolute atomic E-state index is 12.4. The van der Waals surface area contributed by atoms with E-state index in [1.807, 2.05) is 31.2 Å². The number of amides is 1. The monoisotopic (exact) mass is 349 g/mol. The van der Waals surface area contributed by atoms with Crippen LogP contribution in [0.5, 0.6) is 0 Å². The van der Waals surface area contributed by atoms with E-state index in [1.54, 1.807) is 11.0 Å². The summed E-state index contributed by atoms with van der Waals surface area (Å²) in [5.74, 6) is -0.108. The number of carbonyl (C=O) groups excluding carboxylic acids is 1. The summed E-state index contributed by atoms with van der Waals surface area (Å²) < 4.78 is 0.998. The van der Waals surface area contributed by atoms with Gasteiger partial charge in [0.2, 0.25) is 0 Å². The van der Waals surface area contributed by atoms with Crippen molar-refractivity contribution < 1.29 is 9.90 Å². The van der Waals surface area contributed by atoms with Crippen molar-refractivity contribution in [3.05, 3.63) is 40.5 Å². The number of nitrogens with one attached hydrogen (secondary N) is 1. The summed E-state index contributed by atoms with van der Waals surface area (Å²) in [7, 11) is 0. The number of carbonyl (C=O) groups is 1. The van der Waals surface area contributed by atoms with Crippen molar-refractivity contribution in [3.63, 3.8) is 0 Å². The minimum atomic E-state index is -0.108. The molecule has 0 aliphatic carbocycles. The predicted molar refractivity (Wildman–Crippen MR) is 82.8 cm³/mol. The standard InChI is InChI=1S/C15H16BrN3O2/c1-9-6-12(8-20)19(9)15(21)14-7-13(17-18-14)10-2-4-11(16)5-3-10/h2-5,7,9,12,20H,6,8H2,1H3,(H,17,18). The second-order valence-corrected chi connectivity index (χ2v) is 6.22. The maximum atomic E-state index is 12.4. The van der Waals surface area contributed by atoms with Crippen molar-refractivity contribution >= 4 is 21.8 Å². The van der Waals surface area contributed by atoms with E-state index in [4.69, 9.17) is 0 Å². The first-order valence-corrected chi connectivity index (χ1v) is 7.64. The quantitative estimate of drug-likeness (QED) is 0.893. The molecule has 2 aromatic rings. The molecule has 3 rings (SSSR count). The zero-order chi connectivity index (χ0) is 15.0. The van der Waals surface area contributed by atoms with Gasteiger partial charge >= 0.3 is 0 Å². The highest BCUT2D eigenvalue weighted by Gasteiger charge is 2.39. The van der Waals surface area contributed by atoms with Crippen molar-refractivity contribution in [2.75, 3.05) is 6.61 Å². The topological polar surface area (TPSA) is 69.2 Å². The maximum Gasteiger partial charge on any atom is 0.272 e. The van der Waals surface area contributed by atoms with Crippen LogP contribution in [0.25, 0.3) is 11.3 Å². The van der Waals surface area contributed by atoms with Crippen molar-refractivity contribution in [2.45, 2.75) is 25.4 Å². The zero-order valence-electron chi connectivity index (χ0n) is 11.6. The molecule has 2 atom stereocenters. The van der Waals surface area contributed by atoms with Gasteiger partial charge in [-0.3, -0.25) is 9.89 Å². The third-order valence-corrected chi connectivity index (χ3v) is 4.40. The van der Waals surface area contributed by atoms with Crippen molar-refractivity contribution in [1.29, 1.82) is 0 Å². The van der Waals surface area contributed by atoms with Crippen molar-refractivity contribution in [2.24, 2.45) is 0 Å². The van der Waals surface area contributed by atoms with Gasteiger partial charge in [-0.25, -0.2) is 0 Å². The van der Waals surface area contributed by atoms with Gasteiger partial charge < -0.3 is 10.0 Å². The van der Waals surface area contributed by atoms with Gasteiger partial charge in [-0.05, 0) is 31.5 Å². The fourth-order valence-electron chi connectivity index (χ4n) is 2.71. The number of hydrogen-bond donors (Lipinski definition) is 2. The van der Waals surface area contributed by atoms with Gasteiger partial charge in [0.15, 0.2) is 0 Å². The molecule has 110 valence electrons. The molecule has 0 radical (unpaired) electrons. The molecule has 1 saturated heterocycles. The molecule has 2 N–H and O–H groups in total. The van der Waals surface area contributed by atoms with Gasteiger partial charge in [0.05, 0.1) is 18.3 Å². The van der Waals surface area contributed by atoms with E-state index in [0.29, 0.717) is 5.69 Å². The number of aliphatic hydroxyl groups excluding tert-OH is 1. The molecule has 0 bridgehead atoms. The minimum absolute atomic E-state index is 0.00376. The summed E-state index contributed by atoms with van der Waals surface area (Å²) in [5.41, 5.74) is 2.14. The lowest BCUT2D eigenvalue weighted by Crippen LogP contribution is -2.58. The Morgan fingerprint density at radius 1 is 1.48 bits per heavy atom. The smallest absolute Gasteiger partial charge is 0.272 e. The Bertz CT molecular complexity index is 653. The first kappa shape index (κ1) is 14.3. The molecule has 0 saturated carbocycles. The Morgan fingerprint density at radius 2 is 2.19 bits per heavy atom. The molecule has 0 spiro atoms. The number of aromatic amines is 1. The molecular formula is C15H16BrN3O2. The van der Waals surface area contributed by atoms with E-state index in [9.17, 15) is 9.90 Å². The lowest BCUT2D eigenvalue weighted by atomic mass is 9.94. The lowest BCUT2D eigenvalue weighted by molar-refractivity contribution is 0.000186. The van der Waals surface area contributed by atoms with E-state index in [1.165, 1.54) is 0 Å². The Balaban J connectivity index is 1.81. The van der Waals surface area contributed by atoms with Gasteiger partial charge in [0.25, 0.3) is 5.91 Å². The molecule has 1 aliphatic heterocycles. The van der Waals surface area contributed by atoms with Crippen LogP contribution in [0, 0.1) is 0 Å². The van der Waals surface area contributed by atoms with Crippen LogP contribution in [0.1, 0.15) is 23.8 Å². The summed E-state index contributed by atoms with van der Waals surface area (Å²) in [6.45, 7) is 1.99. The fraction of sp³-hybridized carbons (Fsp3) is 0.333. The molecule has 1 aromatic carbocycles. The third kappa shape index (κ3) is 2.61. The van der Waals surface area contributed by atoms with Crippen LogP contribution in [-0.2, 0) is 0 Å². The summed E-state index contributed by atoms with van der Waals surface area (Å²) in [5, 5.41) is 16.3. The van der Waals surface area contributed by atoms with Crippen LogP contribution in [0.4, 0.5) is 0 Å². The van der Waals surface area contributed by atoms with Gasteiger partial charge in [-0.15, -0.1) is 0 Å². The van der Waals surface area contributed by atoms with Crippen LogP contribution in [0.3, 0.4) is 0 Å². The molecule has 6 heteroatoms. The number of H-pyrrole nitrogens is 1. The summed E-state index contributed by atoms with van der Waals surface area (Å²) in [6, 6.07) is 9.59. The second kappa shape index (κ2) is 5.61. The van der Waals surface area contributed by atoms with Crippen LogP contribution in [0.15, 0.2) is 34.8 Å². The second-order valence-electron chi connectivity index (χ2n) is 5.31. The van der Waals surface area contributed by atoms with Gasteiger partial charge in [-0.2, -0.15) is 5.10 Å². The normalized spacial score (nSPS) is 21.2. The highest BCUT2D eigenvalue weighted by atomic mass is 79.9.